The number of hydrogen-bond donors (Lipinski definition) is 3. The summed E-state index contributed by atoms with van der Waals surface area (Å²) in [6, 6.07) is 0. The van der Waals surface area contributed by atoms with Gasteiger partial charge in [0.25, 0.3) is 10.2 Å². The number of rotatable bonds is 3. The summed E-state index contributed by atoms with van der Waals surface area (Å²) in [4.78, 5) is 11.0. The van der Waals surface area contributed by atoms with E-state index in [2.05, 4.69) is 0 Å². The maximum atomic E-state index is 11.0. The normalized spacial score (nSPS) is 21.8. The van der Waals surface area contributed by atoms with Gasteiger partial charge in [0.05, 0.1) is 0 Å². The second-order valence-electron chi connectivity index (χ2n) is 3.59. The molecule has 0 saturated heterocycles. The highest BCUT2D eigenvalue weighted by atomic mass is 32.2. The Hall–Kier alpha value is -0.660. The minimum Gasteiger partial charge on any atom is -0.480 e. The molecule has 0 amide bonds. The molecule has 1 saturated carbocycles. The fraction of sp³-hybridized carbons (Fsp3) is 0.857. The highest BCUT2D eigenvalue weighted by Gasteiger charge is 2.42. The van der Waals surface area contributed by atoms with Gasteiger partial charge >= 0.3 is 5.97 Å². The average molecular weight is 222 g/mol. The predicted octanol–water partition coefficient (Wildman–Crippen LogP) is -0.433. The standard InChI is InChI=1S/C7H14N2O4S/c8-14(12,13)9-7(6(10)11)4-2-1-3-5-7/h9H,1-5H2,(H,10,11)(H2,8,12,13). The summed E-state index contributed by atoms with van der Waals surface area (Å²) in [5.41, 5.74) is -1.38. The first-order valence-electron chi connectivity index (χ1n) is 4.41. The van der Waals surface area contributed by atoms with Crippen molar-refractivity contribution in [2.45, 2.75) is 37.6 Å². The van der Waals surface area contributed by atoms with Gasteiger partial charge in [-0.05, 0) is 12.8 Å². The van der Waals surface area contributed by atoms with Crippen molar-refractivity contribution in [3.63, 3.8) is 0 Å². The van der Waals surface area contributed by atoms with E-state index in [0.29, 0.717) is 25.7 Å². The Labute approximate surface area is 82.7 Å². The van der Waals surface area contributed by atoms with E-state index in [1.165, 1.54) is 0 Å². The molecule has 0 heterocycles. The highest BCUT2D eigenvalue weighted by molar-refractivity contribution is 7.87. The number of carboxylic acids is 1. The van der Waals surface area contributed by atoms with Crippen molar-refractivity contribution < 1.29 is 18.3 Å². The van der Waals surface area contributed by atoms with Crippen LogP contribution in [0, 0.1) is 0 Å². The Morgan fingerprint density at radius 2 is 1.79 bits per heavy atom. The Balaban J connectivity index is 2.87. The first-order valence-corrected chi connectivity index (χ1v) is 5.95. The quantitative estimate of drug-likeness (QED) is 0.601. The molecule has 6 nitrogen and oxygen atoms in total. The average Bonchev–Trinajstić information content (AvgIpc) is 2.02. The Morgan fingerprint density at radius 3 is 2.14 bits per heavy atom. The summed E-state index contributed by atoms with van der Waals surface area (Å²) in [6.45, 7) is 0. The molecular weight excluding hydrogens is 208 g/mol. The summed E-state index contributed by atoms with van der Waals surface area (Å²) in [7, 11) is -3.96. The molecule has 0 aromatic carbocycles. The van der Waals surface area contributed by atoms with Crippen LogP contribution in [0.4, 0.5) is 0 Å². The molecule has 1 rings (SSSR count). The number of nitrogens with two attached hydrogens (primary N) is 1. The molecule has 82 valence electrons. The van der Waals surface area contributed by atoms with Gasteiger partial charge in [-0.15, -0.1) is 0 Å². The van der Waals surface area contributed by atoms with Gasteiger partial charge < -0.3 is 5.11 Å². The van der Waals surface area contributed by atoms with Crippen LogP contribution < -0.4 is 9.86 Å². The lowest BCUT2D eigenvalue weighted by atomic mass is 9.83. The largest absolute Gasteiger partial charge is 0.480 e. The van der Waals surface area contributed by atoms with Gasteiger partial charge in [-0.25, -0.2) is 5.14 Å². The summed E-state index contributed by atoms with van der Waals surface area (Å²) < 4.78 is 23.6. The van der Waals surface area contributed by atoms with Gasteiger partial charge in [0.2, 0.25) is 0 Å². The molecule has 0 bridgehead atoms. The molecule has 4 N–H and O–H groups in total. The molecule has 14 heavy (non-hydrogen) atoms. The number of carbonyl (C=O) groups is 1. The zero-order chi connectivity index (χ0) is 10.8. The molecule has 7 heteroatoms. The SMILES string of the molecule is NS(=O)(=O)NC1(C(=O)O)CCCCC1. The third-order valence-corrected chi connectivity index (χ3v) is 3.13. The fourth-order valence-corrected chi connectivity index (χ4v) is 2.62. The zero-order valence-corrected chi connectivity index (χ0v) is 8.51. The van der Waals surface area contributed by atoms with E-state index in [1.807, 2.05) is 4.72 Å². The Bertz CT molecular complexity index is 319. The fourth-order valence-electron chi connectivity index (χ4n) is 1.79. The van der Waals surface area contributed by atoms with Crippen LogP contribution in [0.2, 0.25) is 0 Å². The third kappa shape index (κ3) is 2.66. The summed E-state index contributed by atoms with van der Waals surface area (Å²) >= 11 is 0. The lowest BCUT2D eigenvalue weighted by Gasteiger charge is -2.32. The maximum Gasteiger partial charge on any atom is 0.324 e. The van der Waals surface area contributed by atoms with Crippen LogP contribution in [0.3, 0.4) is 0 Å². The van der Waals surface area contributed by atoms with Gasteiger partial charge in [-0.2, -0.15) is 13.1 Å². The van der Waals surface area contributed by atoms with E-state index in [9.17, 15) is 13.2 Å². The number of aliphatic carboxylic acids is 1. The molecule has 0 radical (unpaired) electrons. The zero-order valence-electron chi connectivity index (χ0n) is 7.69. The smallest absolute Gasteiger partial charge is 0.324 e. The van der Waals surface area contributed by atoms with E-state index in [-0.39, 0.29) is 0 Å². The molecule has 0 atom stereocenters. The molecule has 1 aliphatic carbocycles. The van der Waals surface area contributed by atoms with Crippen LogP contribution >= 0.6 is 0 Å². The van der Waals surface area contributed by atoms with Crippen LogP contribution in [0.25, 0.3) is 0 Å². The van der Waals surface area contributed by atoms with E-state index >= 15 is 0 Å². The molecule has 0 aromatic rings. The molecule has 0 aromatic heterocycles. The summed E-state index contributed by atoms with van der Waals surface area (Å²) in [6.07, 6.45) is 2.95. The van der Waals surface area contributed by atoms with E-state index < -0.39 is 21.7 Å². The van der Waals surface area contributed by atoms with Gasteiger partial charge in [0.1, 0.15) is 5.54 Å². The molecule has 1 fully saturated rings. The monoisotopic (exact) mass is 222 g/mol. The lowest BCUT2D eigenvalue weighted by Crippen LogP contribution is -2.57. The molecular formula is C7H14N2O4S. The predicted molar refractivity (Wildman–Crippen MR) is 49.7 cm³/mol. The number of hydrogen-bond acceptors (Lipinski definition) is 3. The lowest BCUT2D eigenvalue weighted by molar-refractivity contribution is -0.145. The Morgan fingerprint density at radius 1 is 1.29 bits per heavy atom. The van der Waals surface area contributed by atoms with Crippen molar-refractivity contribution in [1.82, 2.24) is 4.72 Å². The van der Waals surface area contributed by atoms with E-state index in [1.54, 1.807) is 0 Å². The van der Waals surface area contributed by atoms with Gasteiger partial charge in [0, 0.05) is 0 Å². The third-order valence-electron chi connectivity index (χ3n) is 2.45. The minimum absolute atomic E-state index is 0.304. The first-order chi connectivity index (χ1) is 6.36. The molecule has 0 aliphatic heterocycles. The number of nitrogens with one attached hydrogen (secondary N) is 1. The van der Waals surface area contributed by atoms with E-state index in [4.69, 9.17) is 10.2 Å². The molecule has 0 spiro atoms. The van der Waals surface area contributed by atoms with Gasteiger partial charge in [-0.3, -0.25) is 4.79 Å². The molecule has 1 aliphatic rings. The van der Waals surface area contributed by atoms with Crippen molar-refractivity contribution in [2.24, 2.45) is 5.14 Å². The van der Waals surface area contributed by atoms with Crippen LogP contribution in [-0.2, 0) is 15.0 Å². The van der Waals surface area contributed by atoms with Gasteiger partial charge in [-0.1, -0.05) is 19.3 Å². The van der Waals surface area contributed by atoms with Crippen molar-refractivity contribution >= 4 is 16.2 Å². The van der Waals surface area contributed by atoms with Gasteiger partial charge in [0.15, 0.2) is 0 Å². The molecule has 0 unspecified atom stereocenters. The van der Waals surface area contributed by atoms with Crippen molar-refractivity contribution in [3.8, 4) is 0 Å². The summed E-state index contributed by atoms with van der Waals surface area (Å²) in [5.74, 6) is -1.15. The first kappa shape index (κ1) is 11.4. The highest BCUT2D eigenvalue weighted by Crippen LogP contribution is 2.28. The second kappa shape index (κ2) is 3.84. The topological polar surface area (TPSA) is 109 Å². The minimum atomic E-state index is -3.96. The maximum absolute atomic E-state index is 11.0. The number of carboxylic acid groups (broad SMARTS) is 1. The second-order valence-corrected chi connectivity index (χ2v) is 4.89. The van der Waals surface area contributed by atoms with Crippen LogP contribution in [-0.4, -0.2) is 25.0 Å². The summed E-state index contributed by atoms with van der Waals surface area (Å²) in [5, 5.41) is 13.8. The van der Waals surface area contributed by atoms with E-state index in [0.717, 1.165) is 6.42 Å². The van der Waals surface area contributed by atoms with Crippen LogP contribution in [0.1, 0.15) is 32.1 Å². The van der Waals surface area contributed by atoms with Crippen LogP contribution in [0.15, 0.2) is 0 Å². The van der Waals surface area contributed by atoms with Crippen molar-refractivity contribution in [2.75, 3.05) is 0 Å². The van der Waals surface area contributed by atoms with Crippen molar-refractivity contribution in [3.05, 3.63) is 0 Å². The van der Waals surface area contributed by atoms with Crippen molar-refractivity contribution in [1.29, 1.82) is 0 Å². The Kier molecular flexibility index (Phi) is 3.13. The van der Waals surface area contributed by atoms with Crippen LogP contribution in [0.5, 0.6) is 0 Å².